The van der Waals surface area contributed by atoms with E-state index in [0.29, 0.717) is 11.6 Å². The van der Waals surface area contributed by atoms with Crippen LogP contribution in [0.2, 0.25) is 0 Å². The molecule has 2 heterocycles. The fourth-order valence-electron chi connectivity index (χ4n) is 2.90. The number of ether oxygens (including phenoxy) is 2. The highest BCUT2D eigenvalue weighted by atomic mass is 32.2. The Bertz CT molecular complexity index is 1160. The molecule has 30 heavy (non-hydrogen) atoms. The van der Waals surface area contributed by atoms with Gasteiger partial charge in [-0.2, -0.15) is 0 Å². The lowest BCUT2D eigenvalue weighted by Gasteiger charge is -2.08. The Labute approximate surface area is 181 Å². The maximum atomic E-state index is 13.2. The van der Waals surface area contributed by atoms with E-state index in [1.165, 1.54) is 12.1 Å². The molecule has 0 saturated carbocycles. The number of thiazole rings is 1. The van der Waals surface area contributed by atoms with Crippen LogP contribution in [0.4, 0.5) is 4.39 Å². The third-order valence-corrected chi connectivity index (χ3v) is 6.46. The van der Waals surface area contributed by atoms with E-state index in [1.54, 1.807) is 49.5 Å². The van der Waals surface area contributed by atoms with E-state index in [0.717, 1.165) is 38.5 Å². The fraction of sp³-hybridized carbons (Fsp3) is 0.190. The lowest BCUT2D eigenvalue weighted by molar-refractivity contribution is 0.395. The summed E-state index contributed by atoms with van der Waals surface area (Å²) in [6, 6.07) is 11.9. The van der Waals surface area contributed by atoms with E-state index in [1.807, 2.05) is 35.2 Å². The average molecular weight is 443 g/mol. The Balaban J connectivity index is 1.49. The van der Waals surface area contributed by atoms with Gasteiger partial charge in [-0.25, -0.2) is 9.37 Å². The van der Waals surface area contributed by atoms with Crippen molar-refractivity contribution in [3.63, 3.8) is 0 Å². The summed E-state index contributed by atoms with van der Waals surface area (Å²) in [7, 11) is 5.16. The van der Waals surface area contributed by atoms with Crippen LogP contribution in [0.5, 0.6) is 11.5 Å². The molecule has 0 N–H and O–H groups in total. The number of rotatable bonds is 7. The highest BCUT2D eigenvalue weighted by Crippen LogP contribution is 2.36. The number of methoxy groups -OCH3 is 2. The number of aromatic nitrogens is 4. The number of hydrogen-bond donors (Lipinski definition) is 0. The van der Waals surface area contributed by atoms with Gasteiger partial charge in [0.15, 0.2) is 11.0 Å². The summed E-state index contributed by atoms with van der Waals surface area (Å²) in [4.78, 5) is 4.74. The molecule has 154 valence electrons. The largest absolute Gasteiger partial charge is 0.497 e. The Hall–Kier alpha value is -2.91. The summed E-state index contributed by atoms with van der Waals surface area (Å²) < 4.78 is 25.8. The first-order chi connectivity index (χ1) is 14.6. The predicted octanol–water partition coefficient (Wildman–Crippen LogP) is 5.05. The van der Waals surface area contributed by atoms with Crippen LogP contribution in [0.1, 0.15) is 5.69 Å². The van der Waals surface area contributed by atoms with Crippen molar-refractivity contribution >= 4 is 23.1 Å². The molecule has 0 saturated heterocycles. The van der Waals surface area contributed by atoms with E-state index < -0.39 is 0 Å². The normalized spacial score (nSPS) is 10.9. The maximum Gasteiger partial charge on any atom is 0.191 e. The molecule has 0 unspecified atom stereocenters. The first-order valence-electron chi connectivity index (χ1n) is 9.04. The second-order valence-corrected chi connectivity index (χ2v) is 8.17. The Kier molecular flexibility index (Phi) is 6.01. The van der Waals surface area contributed by atoms with Crippen LogP contribution < -0.4 is 9.47 Å². The molecule has 0 atom stereocenters. The molecule has 0 spiro atoms. The fourth-order valence-corrected chi connectivity index (χ4v) is 4.66. The average Bonchev–Trinajstić information content (AvgIpc) is 3.39. The molecule has 0 aliphatic rings. The number of benzene rings is 2. The van der Waals surface area contributed by atoms with Crippen molar-refractivity contribution < 1.29 is 13.9 Å². The van der Waals surface area contributed by atoms with Gasteiger partial charge >= 0.3 is 0 Å². The minimum Gasteiger partial charge on any atom is -0.497 e. The molecular formula is C21H19FN4O2S2. The highest BCUT2D eigenvalue weighted by Gasteiger charge is 2.14. The molecule has 0 aliphatic carbocycles. The maximum absolute atomic E-state index is 13.2. The third-order valence-electron chi connectivity index (χ3n) is 4.48. The van der Waals surface area contributed by atoms with E-state index in [-0.39, 0.29) is 5.82 Å². The molecule has 2 aromatic heterocycles. The van der Waals surface area contributed by atoms with Crippen molar-refractivity contribution in [3.05, 3.63) is 59.4 Å². The Morgan fingerprint density at radius 2 is 1.87 bits per heavy atom. The lowest BCUT2D eigenvalue weighted by atomic mass is 10.2. The van der Waals surface area contributed by atoms with Crippen molar-refractivity contribution in [1.82, 2.24) is 19.7 Å². The van der Waals surface area contributed by atoms with Crippen molar-refractivity contribution in [2.24, 2.45) is 7.05 Å². The van der Waals surface area contributed by atoms with E-state index >= 15 is 0 Å². The molecule has 2 aromatic carbocycles. The number of thioether (sulfide) groups is 1. The topological polar surface area (TPSA) is 62.1 Å². The van der Waals surface area contributed by atoms with Crippen LogP contribution in [0.15, 0.2) is 53.0 Å². The molecule has 6 nitrogen and oxygen atoms in total. The van der Waals surface area contributed by atoms with Gasteiger partial charge in [-0.1, -0.05) is 11.8 Å². The van der Waals surface area contributed by atoms with Gasteiger partial charge in [0.05, 0.1) is 25.5 Å². The van der Waals surface area contributed by atoms with Gasteiger partial charge in [-0.05, 0) is 36.4 Å². The van der Waals surface area contributed by atoms with Crippen molar-refractivity contribution in [2.75, 3.05) is 14.2 Å². The summed E-state index contributed by atoms with van der Waals surface area (Å²) in [6.07, 6.45) is 0. The lowest BCUT2D eigenvalue weighted by Crippen LogP contribution is -1.95. The van der Waals surface area contributed by atoms with Gasteiger partial charge in [-0.3, -0.25) is 0 Å². The van der Waals surface area contributed by atoms with Gasteiger partial charge in [0, 0.05) is 29.8 Å². The van der Waals surface area contributed by atoms with E-state index in [9.17, 15) is 4.39 Å². The molecule has 4 aromatic rings. The highest BCUT2D eigenvalue weighted by molar-refractivity contribution is 7.98. The summed E-state index contributed by atoms with van der Waals surface area (Å²) in [5.41, 5.74) is 2.70. The molecule has 0 fully saturated rings. The minimum atomic E-state index is -0.275. The molecule has 4 rings (SSSR count). The van der Waals surface area contributed by atoms with Gasteiger partial charge < -0.3 is 14.0 Å². The van der Waals surface area contributed by atoms with Crippen LogP contribution in [-0.4, -0.2) is 34.0 Å². The smallest absolute Gasteiger partial charge is 0.191 e. The Morgan fingerprint density at radius 3 is 2.60 bits per heavy atom. The summed E-state index contributed by atoms with van der Waals surface area (Å²) in [5, 5.41) is 12.2. The first kappa shape index (κ1) is 20.4. The second kappa shape index (κ2) is 8.85. The summed E-state index contributed by atoms with van der Waals surface area (Å²) in [5.74, 6) is 2.54. The second-order valence-electron chi connectivity index (χ2n) is 6.37. The van der Waals surface area contributed by atoms with Crippen molar-refractivity contribution in [3.8, 4) is 33.5 Å². The van der Waals surface area contributed by atoms with E-state index in [2.05, 4.69) is 10.2 Å². The van der Waals surface area contributed by atoms with E-state index in [4.69, 9.17) is 14.5 Å². The van der Waals surface area contributed by atoms with Crippen LogP contribution in [0, 0.1) is 5.82 Å². The molecule has 0 bridgehead atoms. The molecular weight excluding hydrogens is 423 g/mol. The van der Waals surface area contributed by atoms with Gasteiger partial charge in [0.2, 0.25) is 0 Å². The van der Waals surface area contributed by atoms with Crippen LogP contribution in [0.3, 0.4) is 0 Å². The quantitative estimate of drug-likeness (QED) is 0.373. The SMILES string of the molecule is COc1ccc(-c2nc(CSc3nnc(-c4ccc(F)cc4)n3C)cs2)c(OC)c1. The summed E-state index contributed by atoms with van der Waals surface area (Å²) >= 11 is 3.12. The van der Waals surface area contributed by atoms with Gasteiger partial charge in [0.25, 0.3) is 0 Å². The molecule has 0 aliphatic heterocycles. The van der Waals surface area contributed by atoms with Crippen molar-refractivity contribution in [2.45, 2.75) is 10.9 Å². The van der Waals surface area contributed by atoms with Crippen LogP contribution >= 0.6 is 23.1 Å². The van der Waals surface area contributed by atoms with Crippen molar-refractivity contribution in [1.29, 1.82) is 0 Å². The van der Waals surface area contributed by atoms with Gasteiger partial charge in [0.1, 0.15) is 22.3 Å². The Morgan fingerprint density at radius 1 is 1.07 bits per heavy atom. The van der Waals surface area contributed by atoms with Gasteiger partial charge in [-0.15, -0.1) is 21.5 Å². The monoisotopic (exact) mass is 442 g/mol. The minimum absolute atomic E-state index is 0.275. The number of hydrogen-bond acceptors (Lipinski definition) is 7. The molecule has 0 amide bonds. The number of halogens is 1. The standard InChI is InChI=1S/C21H19FN4O2S2/c1-26-19(13-4-6-14(22)7-5-13)24-25-21(26)30-12-15-11-29-20(23-15)17-9-8-16(27-2)10-18(17)28-3/h4-11H,12H2,1-3H3. The van der Waals surface area contributed by atoms with Crippen LogP contribution in [-0.2, 0) is 12.8 Å². The zero-order valence-electron chi connectivity index (χ0n) is 16.6. The number of nitrogens with zero attached hydrogens (tertiary/aromatic N) is 4. The third kappa shape index (κ3) is 4.17. The molecule has 9 heteroatoms. The predicted molar refractivity (Wildman–Crippen MR) is 117 cm³/mol. The summed E-state index contributed by atoms with van der Waals surface area (Å²) in [6.45, 7) is 0. The first-order valence-corrected chi connectivity index (χ1v) is 10.9. The van der Waals surface area contributed by atoms with Crippen LogP contribution in [0.25, 0.3) is 22.0 Å². The zero-order valence-corrected chi connectivity index (χ0v) is 18.3. The zero-order chi connectivity index (χ0) is 21.1. The molecule has 0 radical (unpaired) electrons.